The lowest BCUT2D eigenvalue weighted by Crippen LogP contribution is -2.21. The lowest BCUT2D eigenvalue weighted by atomic mass is 10.1. The van der Waals surface area contributed by atoms with Gasteiger partial charge in [0.15, 0.2) is 0 Å². The van der Waals surface area contributed by atoms with Crippen LogP contribution in [0.15, 0.2) is 48.7 Å². The molecule has 0 radical (unpaired) electrons. The second-order valence-electron chi connectivity index (χ2n) is 5.65. The van der Waals surface area contributed by atoms with Crippen molar-refractivity contribution in [2.45, 2.75) is 20.8 Å². The maximum atomic E-state index is 13.7. The highest BCUT2D eigenvalue weighted by atomic mass is 19.1. The minimum Gasteiger partial charge on any atom is -0.372 e. The monoisotopic (exact) mass is 324 g/mol. The standard InChI is InChI=1S/C19H21FN4/c1-4-23(5-2)16-11-9-15(10-12-16)18-13-24(22-21-18)19-8-6-7-17(20)14(19)3/h6-13H,4-5H2,1-3H3. The molecule has 0 saturated carbocycles. The molecule has 5 heteroatoms. The van der Waals surface area contributed by atoms with E-state index in [2.05, 4.69) is 41.2 Å². The van der Waals surface area contributed by atoms with Crippen molar-refractivity contribution in [2.75, 3.05) is 18.0 Å². The number of rotatable bonds is 5. The summed E-state index contributed by atoms with van der Waals surface area (Å²) in [4.78, 5) is 2.29. The average molecular weight is 324 g/mol. The van der Waals surface area contributed by atoms with Crippen LogP contribution in [0.1, 0.15) is 19.4 Å². The minimum absolute atomic E-state index is 0.242. The zero-order chi connectivity index (χ0) is 17.1. The summed E-state index contributed by atoms with van der Waals surface area (Å²) in [5.41, 5.74) is 4.22. The Bertz CT molecular complexity index is 820. The summed E-state index contributed by atoms with van der Waals surface area (Å²) in [6, 6.07) is 13.2. The molecule has 0 aliphatic heterocycles. The first-order valence-corrected chi connectivity index (χ1v) is 8.17. The number of hydrogen-bond donors (Lipinski definition) is 0. The van der Waals surface area contributed by atoms with Gasteiger partial charge in [-0.05, 0) is 45.0 Å². The summed E-state index contributed by atoms with van der Waals surface area (Å²) in [6.07, 6.45) is 1.83. The predicted octanol–water partition coefficient (Wildman–Crippen LogP) is 4.23. The maximum Gasteiger partial charge on any atom is 0.128 e. The third kappa shape index (κ3) is 3.02. The van der Waals surface area contributed by atoms with E-state index >= 15 is 0 Å². The van der Waals surface area contributed by atoms with Crippen LogP contribution in [0.25, 0.3) is 16.9 Å². The highest BCUT2D eigenvalue weighted by Gasteiger charge is 2.10. The van der Waals surface area contributed by atoms with Gasteiger partial charge in [-0.2, -0.15) is 0 Å². The first-order chi connectivity index (χ1) is 11.6. The lowest BCUT2D eigenvalue weighted by Gasteiger charge is -2.20. The molecule has 0 unspecified atom stereocenters. The number of halogens is 1. The van der Waals surface area contributed by atoms with Crippen molar-refractivity contribution in [3.63, 3.8) is 0 Å². The van der Waals surface area contributed by atoms with Gasteiger partial charge in [0.05, 0.1) is 11.9 Å². The van der Waals surface area contributed by atoms with Crippen LogP contribution in [0.4, 0.5) is 10.1 Å². The van der Waals surface area contributed by atoms with Crippen LogP contribution in [-0.4, -0.2) is 28.1 Å². The van der Waals surface area contributed by atoms with Crippen molar-refractivity contribution >= 4 is 5.69 Å². The van der Waals surface area contributed by atoms with Gasteiger partial charge in [0.2, 0.25) is 0 Å². The van der Waals surface area contributed by atoms with Gasteiger partial charge in [-0.3, -0.25) is 0 Å². The van der Waals surface area contributed by atoms with E-state index < -0.39 is 0 Å². The van der Waals surface area contributed by atoms with Crippen molar-refractivity contribution in [2.24, 2.45) is 0 Å². The fraction of sp³-hybridized carbons (Fsp3) is 0.263. The number of anilines is 1. The molecule has 0 spiro atoms. The lowest BCUT2D eigenvalue weighted by molar-refractivity contribution is 0.614. The summed E-state index contributed by atoms with van der Waals surface area (Å²) in [5.74, 6) is -0.242. The fourth-order valence-electron chi connectivity index (χ4n) is 2.79. The van der Waals surface area contributed by atoms with Crippen LogP contribution in [0.5, 0.6) is 0 Å². The molecule has 4 nitrogen and oxygen atoms in total. The molecule has 2 aromatic carbocycles. The van der Waals surface area contributed by atoms with Gasteiger partial charge in [-0.15, -0.1) is 5.10 Å². The molecular weight excluding hydrogens is 303 g/mol. The van der Waals surface area contributed by atoms with Crippen LogP contribution in [0.3, 0.4) is 0 Å². The maximum absolute atomic E-state index is 13.7. The highest BCUT2D eigenvalue weighted by molar-refractivity contribution is 5.62. The molecule has 0 amide bonds. The van der Waals surface area contributed by atoms with Crippen LogP contribution in [0.2, 0.25) is 0 Å². The molecule has 0 bridgehead atoms. The zero-order valence-corrected chi connectivity index (χ0v) is 14.2. The van der Waals surface area contributed by atoms with Crippen LogP contribution in [-0.2, 0) is 0 Å². The Morgan fingerprint density at radius 1 is 1.04 bits per heavy atom. The topological polar surface area (TPSA) is 34.0 Å². The average Bonchev–Trinajstić information content (AvgIpc) is 3.09. The summed E-state index contributed by atoms with van der Waals surface area (Å²) in [7, 11) is 0. The van der Waals surface area contributed by atoms with E-state index in [4.69, 9.17) is 0 Å². The number of hydrogen-bond acceptors (Lipinski definition) is 3. The molecule has 1 aromatic heterocycles. The molecule has 24 heavy (non-hydrogen) atoms. The number of benzene rings is 2. The van der Waals surface area contributed by atoms with Gasteiger partial charge < -0.3 is 4.90 Å². The molecule has 3 aromatic rings. The van der Waals surface area contributed by atoms with Gasteiger partial charge in [0.25, 0.3) is 0 Å². The Labute approximate surface area is 141 Å². The first-order valence-electron chi connectivity index (χ1n) is 8.17. The predicted molar refractivity (Wildman–Crippen MR) is 95.1 cm³/mol. The highest BCUT2D eigenvalue weighted by Crippen LogP contribution is 2.23. The van der Waals surface area contributed by atoms with E-state index in [0.717, 1.165) is 24.3 Å². The molecule has 124 valence electrons. The van der Waals surface area contributed by atoms with Crippen molar-refractivity contribution in [1.29, 1.82) is 0 Å². The third-order valence-electron chi connectivity index (χ3n) is 4.27. The molecule has 0 atom stereocenters. The van der Waals surface area contributed by atoms with Crippen molar-refractivity contribution in [3.05, 3.63) is 60.0 Å². The van der Waals surface area contributed by atoms with Crippen LogP contribution < -0.4 is 4.90 Å². The summed E-state index contributed by atoms with van der Waals surface area (Å²) >= 11 is 0. The molecule has 1 heterocycles. The van der Waals surface area contributed by atoms with Crippen LogP contribution >= 0.6 is 0 Å². The van der Waals surface area contributed by atoms with E-state index in [1.54, 1.807) is 17.7 Å². The Morgan fingerprint density at radius 3 is 2.42 bits per heavy atom. The van der Waals surface area contributed by atoms with Gasteiger partial charge >= 0.3 is 0 Å². The smallest absolute Gasteiger partial charge is 0.128 e. The van der Waals surface area contributed by atoms with Crippen LogP contribution in [0, 0.1) is 12.7 Å². The fourth-order valence-corrected chi connectivity index (χ4v) is 2.79. The SMILES string of the molecule is CCN(CC)c1ccc(-c2cn(-c3cccc(F)c3C)nn2)cc1. The Hall–Kier alpha value is -2.69. The van der Waals surface area contributed by atoms with Gasteiger partial charge in [0, 0.05) is 29.9 Å². The van der Waals surface area contributed by atoms with Crippen molar-refractivity contribution in [1.82, 2.24) is 15.0 Å². The minimum atomic E-state index is -0.242. The molecular formula is C19H21FN4. The van der Waals surface area contributed by atoms with Crippen molar-refractivity contribution in [3.8, 4) is 16.9 Å². The van der Waals surface area contributed by atoms with Gasteiger partial charge in [0.1, 0.15) is 11.5 Å². The molecule has 3 rings (SSSR count). The first kappa shape index (κ1) is 16.2. The Kier molecular flexibility index (Phi) is 4.60. The molecule has 0 fully saturated rings. The van der Waals surface area contributed by atoms with E-state index in [1.807, 2.05) is 24.4 Å². The van der Waals surface area contributed by atoms with E-state index in [9.17, 15) is 4.39 Å². The molecule has 0 saturated heterocycles. The Morgan fingerprint density at radius 2 is 1.75 bits per heavy atom. The number of nitrogens with zero attached hydrogens (tertiary/aromatic N) is 4. The van der Waals surface area contributed by atoms with Gasteiger partial charge in [-0.1, -0.05) is 23.4 Å². The quantitative estimate of drug-likeness (QED) is 0.704. The van der Waals surface area contributed by atoms with E-state index in [-0.39, 0.29) is 5.82 Å². The number of aromatic nitrogens is 3. The second-order valence-corrected chi connectivity index (χ2v) is 5.65. The summed E-state index contributed by atoms with van der Waals surface area (Å²) in [6.45, 7) is 7.98. The Balaban J connectivity index is 1.89. The third-order valence-corrected chi connectivity index (χ3v) is 4.27. The van der Waals surface area contributed by atoms with Gasteiger partial charge in [-0.25, -0.2) is 9.07 Å². The van der Waals surface area contributed by atoms with E-state index in [0.29, 0.717) is 11.3 Å². The molecule has 0 aliphatic rings. The molecule has 0 N–H and O–H groups in total. The normalized spacial score (nSPS) is 10.8. The summed E-state index contributed by atoms with van der Waals surface area (Å²) < 4.78 is 15.3. The zero-order valence-electron chi connectivity index (χ0n) is 14.2. The van der Waals surface area contributed by atoms with E-state index in [1.165, 1.54) is 11.8 Å². The summed E-state index contributed by atoms with van der Waals surface area (Å²) in [5, 5.41) is 8.37. The van der Waals surface area contributed by atoms with Crippen molar-refractivity contribution < 1.29 is 4.39 Å². The largest absolute Gasteiger partial charge is 0.372 e. The molecule has 0 aliphatic carbocycles. The second kappa shape index (κ2) is 6.83.